The molecule has 0 bridgehead atoms. The van der Waals surface area contributed by atoms with E-state index in [-0.39, 0.29) is 0 Å². The van der Waals surface area contributed by atoms with Crippen LogP contribution >= 0.6 is 11.3 Å². The van der Waals surface area contributed by atoms with Crippen LogP contribution in [-0.4, -0.2) is 11.3 Å². The van der Waals surface area contributed by atoms with Gasteiger partial charge in [0.2, 0.25) is 0 Å². The number of carbonyl (C=O) groups excluding carboxylic acids is 1. The van der Waals surface area contributed by atoms with Crippen molar-refractivity contribution in [3.05, 3.63) is 70.0 Å². The topological polar surface area (TPSA) is 39.2 Å². The molecule has 0 amide bonds. The summed E-state index contributed by atoms with van der Waals surface area (Å²) in [6, 6.07) is 16.2. The number of thiazole rings is 1. The number of carbonyl (C=O) groups is 1. The van der Waals surface area contributed by atoms with Crippen LogP contribution in [0.15, 0.2) is 53.9 Å². The van der Waals surface area contributed by atoms with Crippen molar-refractivity contribution in [2.24, 2.45) is 0 Å². The molecule has 3 aromatic rings. The van der Waals surface area contributed by atoms with Crippen molar-refractivity contribution in [3.63, 3.8) is 0 Å². The van der Waals surface area contributed by atoms with Crippen molar-refractivity contribution >= 4 is 17.6 Å². The number of aromatic nitrogens is 1. The quantitative estimate of drug-likeness (QED) is 0.571. The molecule has 0 aliphatic rings. The molecule has 0 N–H and O–H groups in total. The zero-order valence-electron chi connectivity index (χ0n) is 13.7. The highest BCUT2D eigenvalue weighted by Gasteiger charge is 2.12. The number of rotatable bonds is 6. The Morgan fingerprint density at radius 1 is 1.17 bits per heavy atom. The number of benzene rings is 2. The SMILES string of the molecule is CC(C)c1cc(-c2csc(C=O)n2)ccc1OCc1ccccc1. The third-order valence-corrected chi connectivity index (χ3v) is 4.56. The lowest BCUT2D eigenvalue weighted by Crippen LogP contribution is -2.00. The molecule has 0 atom stereocenters. The highest BCUT2D eigenvalue weighted by molar-refractivity contribution is 7.11. The lowest BCUT2D eigenvalue weighted by atomic mass is 9.98. The molecule has 3 rings (SSSR count). The Morgan fingerprint density at radius 3 is 2.62 bits per heavy atom. The average Bonchev–Trinajstić information content (AvgIpc) is 3.10. The Hall–Kier alpha value is -2.46. The number of aldehydes is 1. The largest absolute Gasteiger partial charge is 0.489 e. The van der Waals surface area contributed by atoms with E-state index in [9.17, 15) is 4.79 Å². The Morgan fingerprint density at radius 2 is 1.96 bits per heavy atom. The van der Waals surface area contributed by atoms with Gasteiger partial charge in [0.1, 0.15) is 12.4 Å². The second-order valence-electron chi connectivity index (χ2n) is 5.87. The first kappa shape index (κ1) is 16.4. The Balaban J connectivity index is 1.85. The maximum atomic E-state index is 10.8. The van der Waals surface area contributed by atoms with Crippen LogP contribution in [0.4, 0.5) is 0 Å². The molecule has 24 heavy (non-hydrogen) atoms. The first-order valence-corrected chi connectivity index (χ1v) is 8.77. The van der Waals surface area contributed by atoms with Crippen molar-refractivity contribution in [1.29, 1.82) is 0 Å². The number of nitrogens with zero attached hydrogens (tertiary/aromatic N) is 1. The summed E-state index contributed by atoms with van der Waals surface area (Å²) in [6.45, 7) is 4.84. The molecule has 4 heteroatoms. The zero-order chi connectivity index (χ0) is 16.9. The molecule has 0 aliphatic heterocycles. The Labute approximate surface area is 146 Å². The van der Waals surface area contributed by atoms with Crippen LogP contribution in [0.25, 0.3) is 11.3 Å². The Kier molecular flexibility index (Phi) is 5.06. The summed E-state index contributed by atoms with van der Waals surface area (Å²) < 4.78 is 6.03. The van der Waals surface area contributed by atoms with Gasteiger partial charge in [-0.05, 0) is 35.2 Å². The summed E-state index contributed by atoms with van der Waals surface area (Å²) >= 11 is 1.36. The zero-order valence-corrected chi connectivity index (χ0v) is 14.5. The maximum Gasteiger partial charge on any atom is 0.178 e. The van der Waals surface area contributed by atoms with E-state index < -0.39 is 0 Å². The number of ether oxygens (including phenoxy) is 1. The summed E-state index contributed by atoms with van der Waals surface area (Å²) in [4.78, 5) is 15.2. The fourth-order valence-electron chi connectivity index (χ4n) is 2.50. The minimum absolute atomic E-state index is 0.333. The van der Waals surface area contributed by atoms with Crippen LogP contribution < -0.4 is 4.74 Å². The van der Waals surface area contributed by atoms with Gasteiger partial charge < -0.3 is 4.74 Å². The lowest BCUT2D eigenvalue weighted by Gasteiger charge is -2.15. The molecule has 0 spiro atoms. The normalized spacial score (nSPS) is 10.8. The highest BCUT2D eigenvalue weighted by atomic mass is 32.1. The molecular formula is C20H19NO2S. The standard InChI is InChI=1S/C20H19NO2S/c1-14(2)17-10-16(18-13-24-20(11-22)21-18)8-9-19(17)23-12-15-6-4-3-5-7-15/h3-11,13-14H,12H2,1-2H3. The van der Waals surface area contributed by atoms with E-state index >= 15 is 0 Å². The molecule has 1 aromatic heterocycles. The third kappa shape index (κ3) is 3.71. The van der Waals surface area contributed by atoms with Crippen LogP contribution in [0, 0.1) is 0 Å². The van der Waals surface area contributed by atoms with Gasteiger partial charge in [0.25, 0.3) is 0 Å². The molecule has 1 heterocycles. The lowest BCUT2D eigenvalue weighted by molar-refractivity contribution is 0.112. The smallest absolute Gasteiger partial charge is 0.178 e. The van der Waals surface area contributed by atoms with Gasteiger partial charge in [-0.15, -0.1) is 11.3 Å². The fourth-order valence-corrected chi connectivity index (χ4v) is 3.13. The van der Waals surface area contributed by atoms with Gasteiger partial charge in [-0.3, -0.25) is 4.79 Å². The van der Waals surface area contributed by atoms with Gasteiger partial charge in [-0.1, -0.05) is 44.2 Å². The fraction of sp³-hybridized carbons (Fsp3) is 0.200. The third-order valence-electron chi connectivity index (χ3n) is 3.79. The summed E-state index contributed by atoms with van der Waals surface area (Å²) in [6.07, 6.45) is 0.787. The summed E-state index contributed by atoms with van der Waals surface area (Å²) in [5.41, 5.74) is 4.13. The molecule has 0 saturated heterocycles. The molecule has 0 unspecified atom stereocenters. The molecular weight excluding hydrogens is 318 g/mol. The van der Waals surface area contributed by atoms with E-state index in [4.69, 9.17) is 4.74 Å². The summed E-state index contributed by atoms with van der Waals surface area (Å²) in [7, 11) is 0. The van der Waals surface area contributed by atoms with E-state index in [0.717, 1.165) is 34.4 Å². The number of hydrogen-bond donors (Lipinski definition) is 0. The van der Waals surface area contributed by atoms with Gasteiger partial charge in [-0.2, -0.15) is 0 Å². The first-order valence-electron chi connectivity index (χ1n) is 7.89. The van der Waals surface area contributed by atoms with Gasteiger partial charge >= 0.3 is 0 Å². The predicted molar refractivity (Wildman–Crippen MR) is 97.8 cm³/mol. The minimum Gasteiger partial charge on any atom is -0.489 e. The van der Waals surface area contributed by atoms with Crippen molar-refractivity contribution < 1.29 is 9.53 Å². The number of hydrogen-bond acceptors (Lipinski definition) is 4. The maximum absolute atomic E-state index is 10.8. The van der Waals surface area contributed by atoms with E-state index in [1.165, 1.54) is 11.3 Å². The van der Waals surface area contributed by atoms with E-state index in [2.05, 4.69) is 37.0 Å². The van der Waals surface area contributed by atoms with Gasteiger partial charge in [0.15, 0.2) is 11.3 Å². The highest BCUT2D eigenvalue weighted by Crippen LogP contribution is 2.32. The second-order valence-corrected chi connectivity index (χ2v) is 6.76. The van der Waals surface area contributed by atoms with Crippen molar-refractivity contribution in [1.82, 2.24) is 4.98 Å². The van der Waals surface area contributed by atoms with E-state index in [1.54, 1.807) is 0 Å². The summed E-state index contributed by atoms with van der Waals surface area (Å²) in [5, 5.41) is 2.41. The monoisotopic (exact) mass is 337 g/mol. The first-order chi connectivity index (χ1) is 11.7. The summed E-state index contributed by atoms with van der Waals surface area (Å²) in [5.74, 6) is 1.23. The van der Waals surface area contributed by atoms with Crippen LogP contribution in [0.1, 0.15) is 40.7 Å². The molecule has 0 saturated carbocycles. The van der Waals surface area contributed by atoms with Crippen LogP contribution in [0.3, 0.4) is 0 Å². The molecule has 122 valence electrons. The predicted octanol–water partition coefficient (Wildman–Crippen LogP) is 5.33. The van der Waals surface area contributed by atoms with Gasteiger partial charge in [-0.25, -0.2) is 4.98 Å². The van der Waals surface area contributed by atoms with Crippen LogP contribution in [0.2, 0.25) is 0 Å². The van der Waals surface area contributed by atoms with Crippen molar-refractivity contribution in [2.45, 2.75) is 26.4 Å². The van der Waals surface area contributed by atoms with Crippen LogP contribution in [-0.2, 0) is 6.61 Å². The van der Waals surface area contributed by atoms with Crippen molar-refractivity contribution in [3.8, 4) is 17.0 Å². The van der Waals surface area contributed by atoms with E-state index in [0.29, 0.717) is 17.5 Å². The molecule has 0 fully saturated rings. The minimum atomic E-state index is 0.333. The second kappa shape index (κ2) is 7.41. The van der Waals surface area contributed by atoms with E-state index in [1.807, 2.05) is 35.7 Å². The molecule has 0 aliphatic carbocycles. The average molecular weight is 337 g/mol. The van der Waals surface area contributed by atoms with Gasteiger partial charge in [0, 0.05) is 10.9 Å². The molecule has 0 radical (unpaired) electrons. The molecule has 2 aromatic carbocycles. The molecule has 3 nitrogen and oxygen atoms in total. The Bertz CT molecular complexity index is 825. The van der Waals surface area contributed by atoms with Crippen molar-refractivity contribution in [2.75, 3.05) is 0 Å². The van der Waals surface area contributed by atoms with Crippen LogP contribution in [0.5, 0.6) is 5.75 Å². The van der Waals surface area contributed by atoms with Gasteiger partial charge in [0.05, 0.1) is 5.69 Å².